The molecule has 0 aromatic rings. The zero-order valence-electron chi connectivity index (χ0n) is 16.3. The van der Waals surface area contributed by atoms with Gasteiger partial charge >= 0.3 is 0 Å². The fourth-order valence-electron chi connectivity index (χ4n) is 4.37. The lowest BCUT2D eigenvalue weighted by molar-refractivity contribution is -0.362. The molecule has 2 aliphatic rings. The highest BCUT2D eigenvalue weighted by molar-refractivity contribution is 5.02. The van der Waals surface area contributed by atoms with E-state index in [9.17, 15) is 10.2 Å². The summed E-state index contributed by atoms with van der Waals surface area (Å²) in [4.78, 5) is 0. The largest absolute Gasteiger partial charge is 0.396 e. The van der Waals surface area contributed by atoms with Crippen LogP contribution in [0.25, 0.3) is 0 Å². The average molecular weight is 360 g/mol. The average Bonchev–Trinajstić information content (AvgIpc) is 2.68. The van der Waals surface area contributed by atoms with Crippen molar-refractivity contribution in [3.05, 3.63) is 0 Å². The van der Waals surface area contributed by atoms with Gasteiger partial charge in [-0.2, -0.15) is 0 Å². The van der Waals surface area contributed by atoms with Crippen molar-refractivity contribution in [2.24, 2.45) is 16.2 Å². The summed E-state index contributed by atoms with van der Waals surface area (Å²) in [7, 11) is 0. The van der Waals surface area contributed by atoms with Gasteiger partial charge < -0.3 is 29.2 Å². The van der Waals surface area contributed by atoms with Gasteiger partial charge in [-0.15, -0.1) is 0 Å². The van der Waals surface area contributed by atoms with E-state index in [1.165, 1.54) is 0 Å². The van der Waals surface area contributed by atoms with Crippen LogP contribution in [-0.4, -0.2) is 62.4 Å². The van der Waals surface area contributed by atoms with E-state index in [1.54, 1.807) is 0 Å². The maximum atomic E-state index is 10.3. The standard InChI is InChI=1S/C19H36O6/c1-5-17(6-2,9-20)15-19(11-22-14-23-12-19)13-24-16(25-15)18(7-3,8-4)10-21/h15-16,20-21H,5-14H2,1-4H3. The Kier molecular flexibility index (Phi) is 7.27. The Morgan fingerprint density at radius 2 is 1.36 bits per heavy atom. The van der Waals surface area contributed by atoms with Gasteiger partial charge in [0.15, 0.2) is 6.29 Å². The molecule has 2 fully saturated rings. The number of aliphatic hydroxyl groups excluding tert-OH is 2. The van der Waals surface area contributed by atoms with Crippen molar-refractivity contribution in [2.75, 3.05) is 39.8 Å². The van der Waals surface area contributed by atoms with E-state index >= 15 is 0 Å². The second kappa shape index (κ2) is 8.63. The van der Waals surface area contributed by atoms with Crippen LogP contribution in [0, 0.1) is 16.2 Å². The number of hydrogen-bond acceptors (Lipinski definition) is 6. The van der Waals surface area contributed by atoms with Crippen molar-refractivity contribution in [2.45, 2.75) is 65.8 Å². The quantitative estimate of drug-likeness (QED) is 0.692. The summed E-state index contributed by atoms with van der Waals surface area (Å²) >= 11 is 0. The van der Waals surface area contributed by atoms with Gasteiger partial charge in [-0.05, 0) is 25.7 Å². The molecular weight excluding hydrogens is 324 g/mol. The van der Waals surface area contributed by atoms with Crippen LogP contribution in [0.1, 0.15) is 53.4 Å². The molecule has 148 valence electrons. The Balaban J connectivity index is 2.38. The van der Waals surface area contributed by atoms with Crippen molar-refractivity contribution >= 4 is 0 Å². The third-order valence-corrected chi connectivity index (χ3v) is 6.79. The summed E-state index contributed by atoms with van der Waals surface area (Å²) in [6.07, 6.45) is 2.38. The van der Waals surface area contributed by atoms with Crippen LogP contribution in [0.2, 0.25) is 0 Å². The first-order valence-electron chi connectivity index (χ1n) is 9.66. The van der Waals surface area contributed by atoms with E-state index in [0.717, 1.165) is 25.7 Å². The molecule has 2 atom stereocenters. The summed E-state index contributed by atoms with van der Waals surface area (Å²) in [5.41, 5.74) is -1.24. The van der Waals surface area contributed by atoms with Crippen LogP contribution in [0.3, 0.4) is 0 Å². The van der Waals surface area contributed by atoms with Gasteiger partial charge in [-0.1, -0.05) is 27.7 Å². The van der Waals surface area contributed by atoms with Gasteiger partial charge in [0.25, 0.3) is 0 Å². The summed E-state index contributed by atoms with van der Waals surface area (Å²) < 4.78 is 23.9. The van der Waals surface area contributed by atoms with Crippen LogP contribution < -0.4 is 0 Å². The smallest absolute Gasteiger partial charge is 0.165 e. The first-order valence-corrected chi connectivity index (χ1v) is 9.66. The maximum Gasteiger partial charge on any atom is 0.165 e. The molecule has 0 aromatic heterocycles. The first kappa shape index (κ1) is 21.1. The Morgan fingerprint density at radius 3 is 1.80 bits per heavy atom. The molecular formula is C19H36O6. The molecule has 0 aliphatic carbocycles. The predicted molar refractivity (Wildman–Crippen MR) is 94.0 cm³/mol. The molecule has 0 bridgehead atoms. The van der Waals surface area contributed by atoms with Gasteiger partial charge in [0.05, 0.1) is 44.6 Å². The molecule has 1 spiro atoms. The van der Waals surface area contributed by atoms with Gasteiger partial charge in [-0.3, -0.25) is 0 Å². The number of ether oxygens (including phenoxy) is 4. The molecule has 6 heteroatoms. The highest BCUT2D eigenvalue weighted by Crippen LogP contribution is 2.49. The lowest BCUT2D eigenvalue weighted by Gasteiger charge is -2.56. The molecule has 0 radical (unpaired) electrons. The Hall–Kier alpha value is -0.240. The second-order valence-electron chi connectivity index (χ2n) is 7.79. The van der Waals surface area contributed by atoms with Crippen molar-refractivity contribution in [3.63, 3.8) is 0 Å². The van der Waals surface area contributed by atoms with Crippen LogP contribution in [0.15, 0.2) is 0 Å². The van der Waals surface area contributed by atoms with Gasteiger partial charge in [0.2, 0.25) is 0 Å². The molecule has 0 saturated carbocycles. The second-order valence-corrected chi connectivity index (χ2v) is 7.79. The van der Waals surface area contributed by atoms with Crippen molar-refractivity contribution in [3.8, 4) is 0 Å². The monoisotopic (exact) mass is 360 g/mol. The summed E-state index contributed by atoms with van der Waals surface area (Å²) in [5.74, 6) is 0. The summed E-state index contributed by atoms with van der Waals surface area (Å²) in [6.45, 7) is 10.1. The number of hydrogen-bond donors (Lipinski definition) is 2. The topological polar surface area (TPSA) is 77.4 Å². The van der Waals surface area contributed by atoms with Gasteiger partial charge in [0, 0.05) is 10.8 Å². The fraction of sp³-hybridized carbons (Fsp3) is 1.00. The lowest BCUT2D eigenvalue weighted by atomic mass is 9.65. The first-order chi connectivity index (χ1) is 12.0. The van der Waals surface area contributed by atoms with Crippen molar-refractivity contribution in [1.29, 1.82) is 0 Å². The fourth-order valence-corrected chi connectivity index (χ4v) is 4.37. The van der Waals surface area contributed by atoms with Crippen LogP contribution in [0.4, 0.5) is 0 Å². The molecule has 25 heavy (non-hydrogen) atoms. The zero-order chi connectivity index (χ0) is 18.6. The lowest BCUT2D eigenvalue weighted by Crippen LogP contribution is -2.65. The van der Waals surface area contributed by atoms with E-state index in [2.05, 4.69) is 27.7 Å². The third-order valence-electron chi connectivity index (χ3n) is 6.79. The van der Waals surface area contributed by atoms with Crippen molar-refractivity contribution < 1.29 is 29.2 Å². The predicted octanol–water partition coefficient (Wildman–Crippen LogP) is 2.32. The molecule has 2 unspecified atom stereocenters. The zero-order valence-corrected chi connectivity index (χ0v) is 16.3. The van der Waals surface area contributed by atoms with Crippen LogP contribution in [-0.2, 0) is 18.9 Å². The number of aliphatic hydroxyl groups is 2. The molecule has 2 saturated heterocycles. The van der Waals surface area contributed by atoms with Gasteiger partial charge in [0.1, 0.15) is 6.79 Å². The molecule has 2 heterocycles. The third kappa shape index (κ3) is 3.62. The molecule has 6 nitrogen and oxygen atoms in total. The highest BCUT2D eigenvalue weighted by atomic mass is 16.7. The molecule has 0 amide bonds. The Bertz CT molecular complexity index is 382. The minimum atomic E-state index is -0.492. The molecule has 2 aliphatic heterocycles. The highest BCUT2D eigenvalue weighted by Gasteiger charge is 2.57. The molecule has 0 aromatic carbocycles. The van der Waals surface area contributed by atoms with E-state index < -0.39 is 17.1 Å². The minimum Gasteiger partial charge on any atom is -0.396 e. The van der Waals surface area contributed by atoms with E-state index in [4.69, 9.17) is 18.9 Å². The van der Waals surface area contributed by atoms with E-state index in [1.807, 2.05) is 0 Å². The minimum absolute atomic E-state index is 0.0156. The maximum absolute atomic E-state index is 10.3. The van der Waals surface area contributed by atoms with E-state index in [-0.39, 0.29) is 31.5 Å². The van der Waals surface area contributed by atoms with E-state index in [0.29, 0.717) is 19.8 Å². The van der Waals surface area contributed by atoms with Crippen molar-refractivity contribution in [1.82, 2.24) is 0 Å². The normalized spacial score (nSPS) is 27.6. The van der Waals surface area contributed by atoms with Crippen LogP contribution in [0.5, 0.6) is 0 Å². The van der Waals surface area contributed by atoms with Gasteiger partial charge in [-0.25, -0.2) is 0 Å². The summed E-state index contributed by atoms with van der Waals surface area (Å²) in [6, 6.07) is 0. The Labute approximate surface area is 151 Å². The van der Waals surface area contributed by atoms with Crippen LogP contribution >= 0.6 is 0 Å². The molecule has 2 rings (SSSR count). The summed E-state index contributed by atoms with van der Waals surface area (Å²) in [5, 5.41) is 20.3. The Morgan fingerprint density at radius 1 is 0.840 bits per heavy atom. The number of rotatable bonds is 8. The molecule has 2 N–H and O–H groups in total. The SMILES string of the molecule is CCC(CC)(CO)C1OCC2(COCOC2)C(C(CC)(CC)CO)O1.